The fourth-order valence-corrected chi connectivity index (χ4v) is 2.47. The molecule has 0 aliphatic heterocycles. The Morgan fingerprint density at radius 3 is 2.67 bits per heavy atom. The molecular weight excluding hydrogens is 284 g/mol. The molecule has 0 saturated heterocycles. The molecule has 1 aromatic carbocycles. The molecule has 1 fully saturated rings. The molecule has 1 saturated carbocycles. The monoisotopic (exact) mass is 299 g/mol. The maximum atomic E-state index is 13.6. The zero-order valence-electron chi connectivity index (χ0n) is 11.1. The number of carbonyl (C=O) groups is 1. The predicted molar refractivity (Wildman–Crippen MR) is 71.6 cm³/mol. The lowest BCUT2D eigenvalue weighted by Crippen LogP contribution is -2.34. The standard InChI is InChI=1S/C13H15F2N3O3/c14-9-5-10(15)12(18(20)21)6-11(9)17-13(19)7-2-1-3-8(16)4-7/h5-8H,1-4,16H2,(H,17,19). The minimum atomic E-state index is -1.28. The normalized spacial score (nSPS) is 21.9. The maximum absolute atomic E-state index is 13.6. The predicted octanol–water partition coefficient (Wildman–Crippen LogP) is 2.33. The SMILES string of the molecule is NC1CCCC(C(=O)Nc2cc([N+](=O)[O-])c(F)cc2F)C1. The molecule has 0 heterocycles. The summed E-state index contributed by atoms with van der Waals surface area (Å²) in [7, 11) is 0. The van der Waals surface area contributed by atoms with E-state index in [0.717, 1.165) is 12.8 Å². The Hall–Kier alpha value is -2.09. The van der Waals surface area contributed by atoms with Gasteiger partial charge in [-0.2, -0.15) is 4.39 Å². The van der Waals surface area contributed by atoms with Crippen molar-refractivity contribution >= 4 is 17.3 Å². The van der Waals surface area contributed by atoms with Gasteiger partial charge < -0.3 is 11.1 Å². The van der Waals surface area contributed by atoms with Gasteiger partial charge in [0.05, 0.1) is 10.6 Å². The van der Waals surface area contributed by atoms with Gasteiger partial charge in [0.25, 0.3) is 0 Å². The average molecular weight is 299 g/mol. The summed E-state index contributed by atoms with van der Waals surface area (Å²) in [5, 5.41) is 12.9. The zero-order valence-corrected chi connectivity index (χ0v) is 11.1. The summed E-state index contributed by atoms with van der Waals surface area (Å²) in [6.45, 7) is 0. The van der Waals surface area contributed by atoms with Crippen molar-refractivity contribution in [3.8, 4) is 0 Å². The quantitative estimate of drug-likeness (QED) is 0.661. The van der Waals surface area contributed by atoms with E-state index in [0.29, 0.717) is 25.0 Å². The van der Waals surface area contributed by atoms with Gasteiger partial charge in [0.15, 0.2) is 0 Å². The number of benzene rings is 1. The van der Waals surface area contributed by atoms with Crippen molar-refractivity contribution in [2.45, 2.75) is 31.7 Å². The van der Waals surface area contributed by atoms with Gasteiger partial charge in [-0.25, -0.2) is 4.39 Å². The Morgan fingerprint density at radius 2 is 2.05 bits per heavy atom. The lowest BCUT2D eigenvalue weighted by Gasteiger charge is -2.25. The Morgan fingerprint density at radius 1 is 1.33 bits per heavy atom. The van der Waals surface area contributed by atoms with Crippen molar-refractivity contribution in [2.24, 2.45) is 11.7 Å². The molecule has 1 aliphatic carbocycles. The topological polar surface area (TPSA) is 98.3 Å². The van der Waals surface area contributed by atoms with E-state index < -0.39 is 33.8 Å². The van der Waals surface area contributed by atoms with Gasteiger partial charge in [-0.1, -0.05) is 6.42 Å². The molecule has 2 atom stereocenters. The van der Waals surface area contributed by atoms with Crippen LogP contribution in [0, 0.1) is 27.7 Å². The second-order valence-corrected chi connectivity index (χ2v) is 5.15. The van der Waals surface area contributed by atoms with Crippen LogP contribution in [-0.4, -0.2) is 16.9 Å². The summed E-state index contributed by atoms with van der Waals surface area (Å²) in [5.74, 6) is -3.15. The van der Waals surface area contributed by atoms with Crippen molar-refractivity contribution in [2.75, 3.05) is 5.32 Å². The van der Waals surface area contributed by atoms with Gasteiger partial charge in [0.2, 0.25) is 11.7 Å². The van der Waals surface area contributed by atoms with E-state index >= 15 is 0 Å². The molecule has 0 bridgehead atoms. The number of hydrogen-bond donors (Lipinski definition) is 2. The minimum absolute atomic E-state index is 0.0816. The number of rotatable bonds is 3. The van der Waals surface area contributed by atoms with Crippen LogP contribution in [0.15, 0.2) is 12.1 Å². The smallest absolute Gasteiger partial charge is 0.307 e. The molecule has 2 rings (SSSR count). The van der Waals surface area contributed by atoms with Crippen molar-refractivity contribution in [1.82, 2.24) is 0 Å². The van der Waals surface area contributed by atoms with Gasteiger partial charge in [-0.3, -0.25) is 14.9 Å². The summed E-state index contributed by atoms with van der Waals surface area (Å²) in [6, 6.07) is 0.994. The van der Waals surface area contributed by atoms with Gasteiger partial charge in [0, 0.05) is 24.1 Å². The van der Waals surface area contributed by atoms with Gasteiger partial charge in [0.1, 0.15) is 5.82 Å². The molecule has 0 spiro atoms. The summed E-state index contributed by atoms with van der Waals surface area (Å²) >= 11 is 0. The molecular formula is C13H15F2N3O3. The zero-order chi connectivity index (χ0) is 15.6. The lowest BCUT2D eigenvalue weighted by molar-refractivity contribution is -0.387. The number of halogens is 2. The Kier molecular flexibility index (Phi) is 4.46. The van der Waals surface area contributed by atoms with Crippen LogP contribution in [0.25, 0.3) is 0 Å². The Labute approximate surface area is 119 Å². The van der Waals surface area contributed by atoms with Gasteiger partial charge >= 0.3 is 5.69 Å². The molecule has 0 radical (unpaired) electrons. The molecule has 21 heavy (non-hydrogen) atoms. The number of nitro groups is 1. The summed E-state index contributed by atoms with van der Waals surface area (Å²) in [6.07, 6.45) is 2.74. The number of amides is 1. The first kappa shape index (κ1) is 15.3. The third-order valence-electron chi connectivity index (χ3n) is 3.58. The van der Waals surface area contributed by atoms with Crippen LogP contribution in [0.3, 0.4) is 0 Å². The van der Waals surface area contributed by atoms with Crippen LogP contribution < -0.4 is 11.1 Å². The molecule has 8 heteroatoms. The first-order valence-electron chi connectivity index (χ1n) is 6.58. The molecule has 3 N–H and O–H groups in total. The van der Waals surface area contributed by atoms with Gasteiger partial charge in [-0.05, 0) is 19.3 Å². The third-order valence-corrected chi connectivity index (χ3v) is 3.58. The number of nitrogens with zero attached hydrogens (tertiary/aromatic N) is 1. The number of hydrogen-bond acceptors (Lipinski definition) is 4. The highest BCUT2D eigenvalue weighted by Crippen LogP contribution is 2.28. The maximum Gasteiger partial charge on any atom is 0.307 e. The van der Waals surface area contributed by atoms with E-state index in [1.165, 1.54) is 0 Å². The number of nitro benzene ring substituents is 1. The molecule has 0 aromatic heterocycles. The van der Waals surface area contributed by atoms with Crippen molar-refractivity contribution in [3.05, 3.63) is 33.9 Å². The summed E-state index contributed by atoms with van der Waals surface area (Å²) in [5.41, 5.74) is 4.50. The Balaban J connectivity index is 2.17. The van der Waals surface area contributed by atoms with Crippen molar-refractivity contribution < 1.29 is 18.5 Å². The van der Waals surface area contributed by atoms with Crippen molar-refractivity contribution in [1.29, 1.82) is 0 Å². The number of nitrogens with one attached hydrogen (secondary N) is 1. The van der Waals surface area contributed by atoms with Crippen molar-refractivity contribution in [3.63, 3.8) is 0 Å². The molecule has 2 unspecified atom stereocenters. The molecule has 1 aliphatic rings. The fourth-order valence-electron chi connectivity index (χ4n) is 2.47. The second-order valence-electron chi connectivity index (χ2n) is 5.15. The second kappa shape index (κ2) is 6.13. The van der Waals surface area contributed by atoms with Crippen LogP contribution in [0.1, 0.15) is 25.7 Å². The fraction of sp³-hybridized carbons (Fsp3) is 0.462. The van der Waals surface area contributed by atoms with E-state index in [1.807, 2.05) is 0 Å². The van der Waals surface area contributed by atoms with Crippen LogP contribution >= 0.6 is 0 Å². The van der Waals surface area contributed by atoms with Crippen LogP contribution in [0.2, 0.25) is 0 Å². The first-order chi connectivity index (χ1) is 9.88. The van der Waals surface area contributed by atoms with E-state index in [1.54, 1.807) is 0 Å². The van der Waals surface area contributed by atoms with Crippen LogP contribution in [-0.2, 0) is 4.79 Å². The van der Waals surface area contributed by atoms with E-state index in [2.05, 4.69) is 5.32 Å². The average Bonchev–Trinajstić information content (AvgIpc) is 2.41. The van der Waals surface area contributed by atoms with E-state index in [4.69, 9.17) is 5.73 Å². The summed E-state index contributed by atoms with van der Waals surface area (Å²) < 4.78 is 26.8. The van der Waals surface area contributed by atoms with E-state index in [-0.39, 0.29) is 12.0 Å². The third kappa shape index (κ3) is 3.52. The minimum Gasteiger partial charge on any atom is -0.328 e. The van der Waals surface area contributed by atoms with E-state index in [9.17, 15) is 23.7 Å². The number of anilines is 1. The van der Waals surface area contributed by atoms with Crippen LogP contribution in [0.5, 0.6) is 0 Å². The molecule has 1 amide bonds. The molecule has 1 aromatic rings. The lowest BCUT2D eigenvalue weighted by atomic mass is 9.85. The van der Waals surface area contributed by atoms with Gasteiger partial charge in [-0.15, -0.1) is 0 Å². The first-order valence-corrected chi connectivity index (χ1v) is 6.58. The highest BCUT2D eigenvalue weighted by molar-refractivity contribution is 5.93. The largest absolute Gasteiger partial charge is 0.328 e. The Bertz CT molecular complexity index is 580. The number of carbonyl (C=O) groups excluding carboxylic acids is 1. The highest BCUT2D eigenvalue weighted by Gasteiger charge is 2.27. The summed E-state index contributed by atoms with van der Waals surface area (Å²) in [4.78, 5) is 21.7. The highest BCUT2D eigenvalue weighted by atomic mass is 19.1. The van der Waals surface area contributed by atoms with Crippen LogP contribution in [0.4, 0.5) is 20.2 Å². The molecule has 6 nitrogen and oxygen atoms in total. The number of nitrogens with two attached hydrogens (primary N) is 1. The molecule has 114 valence electrons.